The van der Waals surface area contributed by atoms with Crippen molar-refractivity contribution in [2.75, 3.05) is 0 Å². The molecule has 0 fully saturated rings. The number of halogens is 1. The van der Waals surface area contributed by atoms with Crippen LogP contribution >= 0.6 is 11.3 Å². The fraction of sp³-hybridized carbons (Fsp3) is 0.357. The summed E-state index contributed by atoms with van der Waals surface area (Å²) in [7, 11) is 0. The van der Waals surface area contributed by atoms with Gasteiger partial charge in [0.05, 0.1) is 5.69 Å². The summed E-state index contributed by atoms with van der Waals surface area (Å²) in [6, 6.07) is 5.69. The molecule has 0 atom stereocenters. The van der Waals surface area contributed by atoms with E-state index in [1.165, 1.54) is 0 Å². The third-order valence-electron chi connectivity index (χ3n) is 2.66. The highest BCUT2D eigenvalue weighted by Crippen LogP contribution is 2.25. The molecule has 1 aromatic heterocycles. The number of benzene rings is 1. The normalized spacial score (nSPS) is 11.2. The highest BCUT2D eigenvalue weighted by atomic mass is 32.1. The van der Waals surface area contributed by atoms with Crippen molar-refractivity contribution in [1.29, 1.82) is 0 Å². The monoisotopic (exact) mass is 264 g/mol. The lowest BCUT2D eigenvalue weighted by molar-refractivity contribution is 0.583. The fourth-order valence-electron chi connectivity index (χ4n) is 1.56. The maximum atomic E-state index is 13.5. The topological polar surface area (TPSA) is 24.9 Å². The molecule has 18 heavy (non-hydrogen) atoms. The molecule has 2 nitrogen and oxygen atoms in total. The van der Waals surface area contributed by atoms with E-state index < -0.39 is 0 Å². The van der Waals surface area contributed by atoms with E-state index in [9.17, 15) is 4.39 Å². The first-order chi connectivity index (χ1) is 8.56. The van der Waals surface area contributed by atoms with E-state index in [-0.39, 0.29) is 5.82 Å². The lowest BCUT2D eigenvalue weighted by Crippen LogP contribution is -2.21. The summed E-state index contributed by atoms with van der Waals surface area (Å²) < 4.78 is 13.5. The number of rotatable bonds is 4. The van der Waals surface area contributed by atoms with Crippen molar-refractivity contribution in [3.05, 3.63) is 40.7 Å². The highest BCUT2D eigenvalue weighted by molar-refractivity contribution is 7.13. The van der Waals surface area contributed by atoms with Gasteiger partial charge in [0.2, 0.25) is 0 Å². The van der Waals surface area contributed by atoms with Crippen LogP contribution in [0.25, 0.3) is 10.6 Å². The second kappa shape index (κ2) is 5.59. The van der Waals surface area contributed by atoms with E-state index in [0.717, 1.165) is 22.8 Å². The van der Waals surface area contributed by atoms with Crippen molar-refractivity contribution in [3.8, 4) is 10.6 Å². The molecule has 0 unspecified atom stereocenters. The van der Waals surface area contributed by atoms with Gasteiger partial charge in [-0.15, -0.1) is 11.3 Å². The van der Waals surface area contributed by atoms with Gasteiger partial charge < -0.3 is 5.32 Å². The molecule has 1 aromatic carbocycles. The predicted octanol–water partition coefficient (Wildman–Crippen LogP) is 3.76. The Labute approximate surface area is 111 Å². The van der Waals surface area contributed by atoms with Gasteiger partial charge in [-0.1, -0.05) is 26.0 Å². The Hall–Kier alpha value is -1.26. The third-order valence-corrected chi connectivity index (χ3v) is 3.60. The summed E-state index contributed by atoms with van der Waals surface area (Å²) in [5, 5.41) is 6.20. The summed E-state index contributed by atoms with van der Waals surface area (Å²) in [4.78, 5) is 4.51. The molecule has 0 aliphatic heterocycles. The summed E-state index contributed by atoms with van der Waals surface area (Å²) >= 11 is 1.55. The summed E-state index contributed by atoms with van der Waals surface area (Å²) in [5.74, 6) is -0.176. The van der Waals surface area contributed by atoms with Gasteiger partial charge in [-0.05, 0) is 18.6 Å². The molecular weight excluding hydrogens is 247 g/mol. The van der Waals surface area contributed by atoms with Crippen molar-refractivity contribution in [3.63, 3.8) is 0 Å². The molecule has 0 bridgehead atoms. The van der Waals surface area contributed by atoms with Crippen molar-refractivity contribution >= 4 is 11.3 Å². The fourth-order valence-corrected chi connectivity index (χ4v) is 2.37. The van der Waals surface area contributed by atoms with E-state index >= 15 is 0 Å². The first kappa shape index (κ1) is 13.2. The van der Waals surface area contributed by atoms with Gasteiger partial charge in [-0.25, -0.2) is 9.37 Å². The molecule has 2 rings (SSSR count). The van der Waals surface area contributed by atoms with Crippen molar-refractivity contribution in [1.82, 2.24) is 10.3 Å². The largest absolute Gasteiger partial charge is 0.309 e. The van der Waals surface area contributed by atoms with Crippen molar-refractivity contribution in [2.24, 2.45) is 0 Å². The van der Waals surface area contributed by atoms with Gasteiger partial charge in [0.25, 0.3) is 0 Å². The van der Waals surface area contributed by atoms with Crippen LogP contribution in [0.1, 0.15) is 25.1 Å². The minimum atomic E-state index is -0.176. The second-order valence-electron chi connectivity index (χ2n) is 4.64. The van der Waals surface area contributed by atoms with Crippen LogP contribution in [0.4, 0.5) is 4.39 Å². The Kier molecular flexibility index (Phi) is 4.09. The summed E-state index contributed by atoms with van der Waals surface area (Å²) in [5.41, 5.74) is 2.51. The van der Waals surface area contributed by atoms with Gasteiger partial charge in [-0.3, -0.25) is 0 Å². The molecule has 0 saturated heterocycles. The molecule has 0 amide bonds. The Balaban J connectivity index is 2.16. The lowest BCUT2D eigenvalue weighted by atomic mass is 10.1. The van der Waals surface area contributed by atoms with Crippen LogP contribution in [0.2, 0.25) is 0 Å². The van der Waals surface area contributed by atoms with Crippen LogP contribution in [0.5, 0.6) is 0 Å². The summed E-state index contributed by atoms with van der Waals surface area (Å²) in [6.45, 7) is 6.71. The standard InChI is InChI=1S/C14H17FN2S/c1-9(2)16-7-12-8-18-14(17-12)11-5-4-10(3)13(15)6-11/h4-6,8-9,16H,7H2,1-3H3. The molecule has 1 heterocycles. The maximum absolute atomic E-state index is 13.5. The zero-order valence-electron chi connectivity index (χ0n) is 10.8. The Morgan fingerprint density at radius 2 is 2.17 bits per heavy atom. The van der Waals surface area contributed by atoms with Gasteiger partial charge in [-0.2, -0.15) is 0 Å². The van der Waals surface area contributed by atoms with Crippen LogP contribution in [0.3, 0.4) is 0 Å². The van der Waals surface area contributed by atoms with E-state index in [0.29, 0.717) is 11.6 Å². The van der Waals surface area contributed by atoms with E-state index in [1.54, 1.807) is 30.4 Å². The van der Waals surface area contributed by atoms with E-state index in [1.807, 2.05) is 11.4 Å². The second-order valence-corrected chi connectivity index (χ2v) is 5.50. The molecular formula is C14H17FN2S. The zero-order valence-corrected chi connectivity index (χ0v) is 11.6. The number of aryl methyl sites for hydroxylation is 1. The number of aromatic nitrogens is 1. The number of hydrogen-bond donors (Lipinski definition) is 1. The van der Waals surface area contributed by atoms with Crippen molar-refractivity contribution in [2.45, 2.75) is 33.4 Å². The van der Waals surface area contributed by atoms with Gasteiger partial charge >= 0.3 is 0 Å². The molecule has 0 saturated carbocycles. The zero-order chi connectivity index (χ0) is 13.1. The average molecular weight is 264 g/mol. The van der Waals surface area contributed by atoms with Crippen LogP contribution in [-0.4, -0.2) is 11.0 Å². The van der Waals surface area contributed by atoms with Crippen LogP contribution in [-0.2, 0) is 6.54 Å². The molecule has 0 aliphatic rings. The third kappa shape index (κ3) is 3.15. The van der Waals surface area contributed by atoms with Crippen LogP contribution in [0, 0.1) is 12.7 Å². The highest BCUT2D eigenvalue weighted by Gasteiger charge is 2.07. The molecule has 2 aromatic rings. The Morgan fingerprint density at radius 3 is 2.83 bits per heavy atom. The molecule has 96 valence electrons. The summed E-state index contributed by atoms with van der Waals surface area (Å²) in [6.07, 6.45) is 0. The number of thiazole rings is 1. The SMILES string of the molecule is Cc1ccc(-c2nc(CNC(C)C)cs2)cc1F. The van der Waals surface area contributed by atoms with Gasteiger partial charge in [0, 0.05) is 23.5 Å². The van der Waals surface area contributed by atoms with E-state index in [2.05, 4.69) is 24.1 Å². The Bertz CT molecular complexity index is 534. The van der Waals surface area contributed by atoms with Crippen LogP contribution < -0.4 is 5.32 Å². The van der Waals surface area contributed by atoms with Crippen LogP contribution in [0.15, 0.2) is 23.6 Å². The van der Waals surface area contributed by atoms with E-state index in [4.69, 9.17) is 0 Å². The van der Waals surface area contributed by atoms with Crippen molar-refractivity contribution < 1.29 is 4.39 Å². The minimum Gasteiger partial charge on any atom is -0.309 e. The average Bonchev–Trinajstić information content (AvgIpc) is 2.79. The predicted molar refractivity (Wildman–Crippen MR) is 74.2 cm³/mol. The van der Waals surface area contributed by atoms with Gasteiger partial charge in [0.15, 0.2) is 0 Å². The maximum Gasteiger partial charge on any atom is 0.126 e. The first-order valence-corrected chi connectivity index (χ1v) is 6.88. The molecule has 0 aliphatic carbocycles. The number of hydrogen-bond acceptors (Lipinski definition) is 3. The molecule has 4 heteroatoms. The Morgan fingerprint density at radius 1 is 1.39 bits per heavy atom. The van der Waals surface area contributed by atoms with Gasteiger partial charge in [0.1, 0.15) is 10.8 Å². The minimum absolute atomic E-state index is 0.176. The molecule has 0 radical (unpaired) electrons. The molecule has 1 N–H and O–H groups in total. The number of nitrogens with one attached hydrogen (secondary N) is 1. The number of nitrogens with zero attached hydrogens (tertiary/aromatic N) is 1. The quantitative estimate of drug-likeness (QED) is 0.909. The molecule has 0 spiro atoms. The smallest absolute Gasteiger partial charge is 0.126 e. The first-order valence-electron chi connectivity index (χ1n) is 6.00. The lowest BCUT2D eigenvalue weighted by Gasteiger charge is -2.04.